The van der Waals surface area contributed by atoms with Gasteiger partial charge in [0.15, 0.2) is 0 Å². The van der Waals surface area contributed by atoms with Crippen LogP contribution in [0.1, 0.15) is 23.6 Å². The van der Waals surface area contributed by atoms with Gasteiger partial charge in [0.2, 0.25) is 5.91 Å². The van der Waals surface area contributed by atoms with Crippen LogP contribution < -0.4 is 10.6 Å². The standard InChI is InChI=1S/C17H17ClN2OS/c18-14-8-4-5-12(9-14)11-22-17-19-15(10-16(21)20-17)13-6-2-1-3-7-13/h1-9,15,17,19H,10-11H2,(H,20,21). The van der Waals surface area contributed by atoms with E-state index >= 15 is 0 Å². The third-order valence-electron chi connectivity index (χ3n) is 3.54. The smallest absolute Gasteiger partial charge is 0.223 e. The molecular formula is C17H17ClN2OS. The van der Waals surface area contributed by atoms with Crippen LogP contribution in [0.15, 0.2) is 54.6 Å². The first-order valence-electron chi connectivity index (χ1n) is 7.17. The lowest BCUT2D eigenvalue weighted by Gasteiger charge is -2.31. The first kappa shape index (κ1) is 15.4. The molecule has 22 heavy (non-hydrogen) atoms. The molecule has 2 unspecified atom stereocenters. The van der Waals surface area contributed by atoms with Crippen LogP contribution in [0.5, 0.6) is 0 Å². The van der Waals surface area contributed by atoms with Crippen molar-refractivity contribution in [1.29, 1.82) is 0 Å². The highest BCUT2D eigenvalue weighted by Gasteiger charge is 2.26. The molecule has 0 spiro atoms. The van der Waals surface area contributed by atoms with Crippen molar-refractivity contribution in [2.24, 2.45) is 0 Å². The zero-order valence-corrected chi connectivity index (χ0v) is 13.5. The monoisotopic (exact) mass is 332 g/mol. The van der Waals surface area contributed by atoms with Crippen LogP contribution in [0.25, 0.3) is 0 Å². The summed E-state index contributed by atoms with van der Waals surface area (Å²) in [4.78, 5) is 11.9. The highest BCUT2D eigenvalue weighted by molar-refractivity contribution is 7.99. The molecule has 0 bridgehead atoms. The number of hydrogen-bond donors (Lipinski definition) is 2. The number of carbonyl (C=O) groups is 1. The zero-order valence-electron chi connectivity index (χ0n) is 12.0. The normalized spacial score (nSPS) is 21.4. The molecule has 2 atom stereocenters. The highest BCUT2D eigenvalue weighted by Crippen LogP contribution is 2.25. The van der Waals surface area contributed by atoms with E-state index in [1.807, 2.05) is 42.5 Å². The topological polar surface area (TPSA) is 41.1 Å². The molecule has 0 aliphatic carbocycles. The Labute approximate surface area is 139 Å². The molecule has 0 saturated carbocycles. The fourth-order valence-corrected chi connectivity index (χ4v) is 3.70. The molecule has 2 aromatic rings. The number of amides is 1. The van der Waals surface area contributed by atoms with E-state index in [-0.39, 0.29) is 17.4 Å². The molecule has 2 N–H and O–H groups in total. The van der Waals surface area contributed by atoms with E-state index in [0.29, 0.717) is 6.42 Å². The molecule has 1 heterocycles. The van der Waals surface area contributed by atoms with Crippen molar-refractivity contribution < 1.29 is 4.79 Å². The van der Waals surface area contributed by atoms with E-state index in [1.165, 1.54) is 0 Å². The fraction of sp³-hybridized carbons (Fsp3) is 0.235. The van der Waals surface area contributed by atoms with Crippen LogP contribution in [-0.2, 0) is 10.5 Å². The second kappa shape index (κ2) is 7.18. The van der Waals surface area contributed by atoms with Gasteiger partial charge in [-0.1, -0.05) is 54.1 Å². The lowest BCUT2D eigenvalue weighted by atomic mass is 10.0. The summed E-state index contributed by atoms with van der Waals surface area (Å²) in [6.45, 7) is 0. The summed E-state index contributed by atoms with van der Waals surface area (Å²) in [5.41, 5.74) is 2.20. The van der Waals surface area contributed by atoms with Crippen LogP contribution in [0.4, 0.5) is 0 Å². The maximum atomic E-state index is 11.9. The minimum absolute atomic E-state index is 0.0619. The minimum Gasteiger partial charge on any atom is -0.332 e. The fourth-order valence-electron chi connectivity index (χ4n) is 2.47. The van der Waals surface area contributed by atoms with Crippen LogP contribution in [0.3, 0.4) is 0 Å². The van der Waals surface area contributed by atoms with Gasteiger partial charge in [-0.3, -0.25) is 10.1 Å². The Hall–Kier alpha value is -1.49. The predicted octanol–water partition coefficient (Wildman–Crippen LogP) is 3.71. The first-order valence-corrected chi connectivity index (χ1v) is 8.60. The van der Waals surface area contributed by atoms with Crippen molar-refractivity contribution >= 4 is 29.3 Å². The molecule has 3 rings (SSSR count). The van der Waals surface area contributed by atoms with Crippen molar-refractivity contribution in [3.63, 3.8) is 0 Å². The second-order valence-electron chi connectivity index (χ2n) is 5.22. The van der Waals surface area contributed by atoms with Gasteiger partial charge in [0.25, 0.3) is 0 Å². The molecule has 1 fully saturated rings. The summed E-state index contributed by atoms with van der Waals surface area (Å²) in [5, 5.41) is 7.20. The molecule has 114 valence electrons. The number of hydrogen-bond acceptors (Lipinski definition) is 3. The zero-order chi connectivity index (χ0) is 15.4. The van der Waals surface area contributed by atoms with E-state index in [0.717, 1.165) is 21.9 Å². The maximum Gasteiger partial charge on any atom is 0.223 e. The number of benzene rings is 2. The molecule has 0 radical (unpaired) electrons. The molecule has 0 aromatic heterocycles. The lowest BCUT2D eigenvalue weighted by Crippen LogP contribution is -2.50. The summed E-state index contributed by atoms with van der Waals surface area (Å²) in [7, 11) is 0. The molecule has 1 saturated heterocycles. The molecule has 1 aliphatic rings. The van der Waals surface area contributed by atoms with Crippen LogP contribution in [0.2, 0.25) is 5.02 Å². The second-order valence-corrected chi connectivity index (χ2v) is 6.75. The number of carbonyl (C=O) groups excluding carboxylic acids is 1. The molecular weight excluding hydrogens is 316 g/mol. The predicted molar refractivity (Wildman–Crippen MR) is 91.6 cm³/mol. The Bertz CT molecular complexity index is 650. The summed E-state index contributed by atoms with van der Waals surface area (Å²) >= 11 is 7.66. The maximum absolute atomic E-state index is 11.9. The number of rotatable bonds is 4. The van der Waals surface area contributed by atoms with Gasteiger partial charge in [-0.2, -0.15) is 0 Å². The van der Waals surface area contributed by atoms with Crippen molar-refractivity contribution in [2.75, 3.05) is 0 Å². The van der Waals surface area contributed by atoms with Crippen molar-refractivity contribution in [3.8, 4) is 0 Å². The van der Waals surface area contributed by atoms with Crippen molar-refractivity contribution in [2.45, 2.75) is 23.7 Å². The van der Waals surface area contributed by atoms with E-state index in [4.69, 9.17) is 11.6 Å². The van der Waals surface area contributed by atoms with Gasteiger partial charge < -0.3 is 5.32 Å². The summed E-state index contributed by atoms with van der Waals surface area (Å²) in [6, 6.07) is 17.9. The third-order valence-corrected chi connectivity index (χ3v) is 4.86. The van der Waals surface area contributed by atoms with Gasteiger partial charge >= 0.3 is 0 Å². The lowest BCUT2D eigenvalue weighted by molar-refractivity contribution is -0.123. The number of nitrogens with one attached hydrogen (secondary N) is 2. The van der Waals surface area contributed by atoms with Crippen LogP contribution in [0, 0.1) is 0 Å². The van der Waals surface area contributed by atoms with Crippen LogP contribution in [-0.4, -0.2) is 11.4 Å². The molecule has 1 amide bonds. The Morgan fingerprint density at radius 1 is 1.14 bits per heavy atom. The average Bonchev–Trinajstić information content (AvgIpc) is 2.53. The largest absolute Gasteiger partial charge is 0.332 e. The Kier molecular flexibility index (Phi) is 5.03. The van der Waals surface area contributed by atoms with E-state index in [9.17, 15) is 4.79 Å². The molecule has 3 nitrogen and oxygen atoms in total. The van der Waals surface area contributed by atoms with Crippen molar-refractivity contribution in [1.82, 2.24) is 10.6 Å². The van der Waals surface area contributed by atoms with Gasteiger partial charge in [0, 0.05) is 23.2 Å². The van der Waals surface area contributed by atoms with Crippen molar-refractivity contribution in [3.05, 3.63) is 70.7 Å². The van der Waals surface area contributed by atoms with Gasteiger partial charge in [-0.25, -0.2) is 0 Å². The summed E-state index contributed by atoms with van der Waals surface area (Å²) < 4.78 is 0. The van der Waals surface area contributed by atoms with Gasteiger partial charge in [-0.15, -0.1) is 11.8 Å². The Morgan fingerprint density at radius 3 is 2.73 bits per heavy atom. The highest BCUT2D eigenvalue weighted by atomic mass is 35.5. The van der Waals surface area contributed by atoms with Gasteiger partial charge in [-0.05, 0) is 23.3 Å². The van der Waals surface area contributed by atoms with Gasteiger partial charge in [0.1, 0.15) is 5.50 Å². The number of thioether (sulfide) groups is 1. The summed E-state index contributed by atoms with van der Waals surface area (Å²) in [6.07, 6.45) is 0.470. The van der Waals surface area contributed by atoms with Gasteiger partial charge in [0.05, 0.1) is 0 Å². The van der Waals surface area contributed by atoms with Crippen LogP contribution >= 0.6 is 23.4 Å². The van der Waals surface area contributed by atoms with E-state index in [1.54, 1.807) is 11.8 Å². The minimum atomic E-state index is -0.0922. The average molecular weight is 333 g/mol. The SMILES string of the molecule is O=C1CC(c2ccccc2)NC(SCc2cccc(Cl)c2)N1. The quantitative estimate of drug-likeness (QED) is 0.896. The molecule has 2 aromatic carbocycles. The molecule has 5 heteroatoms. The first-order chi connectivity index (χ1) is 10.7. The van der Waals surface area contributed by atoms with E-state index in [2.05, 4.69) is 22.8 Å². The Balaban J connectivity index is 1.63. The Morgan fingerprint density at radius 2 is 1.95 bits per heavy atom. The molecule has 1 aliphatic heterocycles. The number of halogens is 1. The third kappa shape index (κ3) is 4.03. The van der Waals surface area contributed by atoms with E-state index < -0.39 is 0 Å². The summed E-state index contributed by atoms with van der Waals surface area (Å²) in [5.74, 6) is 0.871.